The summed E-state index contributed by atoms with van der Waals surface area (Å²) in [4.78, 5) is 6.68. The fourth-order valence-corrected chi connectivity index (χ4v) is 3.98. The summed E-state index contributed by atoms with van der Waals surface area (Å²) in [5, 5.41) is 11.5. The van der Waals surface area contributed by atoms with Crippen LogP contribution >= 0.6 is 0 Å². The van der Waals surface area contributed by atoms with Crippen molar-refractivity contribution in [1.82, 2.24) is 25.3 Å². The molecule has 32 heavy (non-hydrogen) atoms. The molecule has 172 valence electrons. The number of hydrogen-bond acceptors (Lipinski definition) is 4. The molecule has 3 rings (SSSR count). The maximum absolute atomic E-state index is 5.48. The van der Waals surface area contributed by atoms with Crippen molar-refractivity contribution in [3.05, 3.63) is 76.5 Å². The Morgan fingerprint density at radius 3 is 2.53 bits per heavy atom. The van der Waals surface area contributed by atoms with Gasteiger partial charge in [0.25, 0.3) is 0 Å². The van der Waals surface area contributed by atoms with Gasteiger partial charge in [-0.25, -0.2) is 0 Å². The molecule has 2 N–H and O–H groups in total. The van der Waals surface area contributed by atoms with Crippen molar-refractivity contribution in [3.8, 4) is 0 Å². The van der Waals surface area contributed by atoms with Crippen LogP contribution in [0.25, 0.3) is 0 Å². The molecule has 0 amide bonds. The van der Waals surface area contributed by atoms with Gasteiger partial charge in [0.1, 0.15) is 5.76 Å². The zero-order valence-corrected chi connectivity index (χ0v) is 20.1. The summed E-state index contributed by atoms with van der Waals surface area (Å²) in [5.74, 6) is 1.77. The Balaban J connectivity index is 1.56. The summed E-state index contributed by atoms with van der Waals surface area (Å²) in [6.45, 7) is 8.71. The van der Waals surface area contributed by atoms with E-state index in [-0.39, 0.29) is 6.04 Å². The number of guanidine groups is 1. The van der Waals surface area contributed by atoms with E-state index >= 15 is 0 Å². The highest BCUT2D eigenvalue weighted by atomic mass is 16.3. The number of rotatable bonds is 9. The summed E-state index contributed by atoms with van der Waals surface area (Å²) >= 11 is 0. The second kappa shape index (κ2) is 11.0. The van der Waals surface area contributed by atoms with Crippen LogP contribution in [-0.2, 0) is 33.1 Å². The Kier molecular flexibility index (Phi) is 8.11. The molecular weight excluding hydrogens is 400 g/mol. The molecular formula is C25H36N6O. The van der Waals surface area contributed by atoms with E-state index in [2.05, 4.69) is 77.7 Å². The van der Waals surface area contributed by atoms with Gasteiger partial charge in [-0.1, -0.05) is 24.3 Å². The van der Waals surface area contributed by atoms with Crippen molar-refractivity contribution in [2.24, 2.45) is 12.0 Å². The lowest BCUT2D eigenvalue weighted by atomic mass is 10.1. The van der Waals surface area contributed by atoms with Gasteiger partial charge in [-0.3, -0.25) is 14.6 Å². The molecule has 3 aromatic rings. The van der Waals surface area contributed by atoms with Gasteiger partial charge in [-0.05, 0) is 63.1 Å². The van der Waals surface area contributed by atoms with Crippen LogP contribution in [0.1, 0.15) is 40.8 Å². The SMILES string of the molecule is CN=C(NCc1ccccc1CN(C)Cc1ccco1)NC(C)Cc1c(C)nn(C)c1C. The minimum Gasteiger partial charge on any atom is -0.468 e. The second-order valence-electron chi connectivity index (χ2n) is 8.47. The molecule has 0 aliphatic rings. The fourth-order valence-electron chi connectivity index (χ4n) is 3.98. The molecule has 0 fully saturated rings. The van der Waals surface area contributed by atoms with Crippen molar-refractivity contribution in [2.75, 3.05) is 14.1 Å². The molecule has 0 aliphatic heterocycles. The Bertz CT molecular complexity index is 1020. The lowest BCUT2D eigenvalue weighted by Gasteiger charge is -2.20. The zero-order chi connectivity index (χ0) is 23.1. The summed E-state index contributed by atoms with van der Waals surface area (Å²) < 4.78 is 7.43. The molecule has 1 aromatic carbocycles. The maximum Gasteiger partial charge on any atom is 0.191 e. The Labute approximate surface area is 191 Å². The molecule has 2 heterocycles. The minimum atomic E-state index is 0.234. The highest BCUT2D eigenvalue weighted by molar-refractivity contribution is 5.80. The molecule has 0 saturated carbocycles. The van der Waals surface area contributed by atoms with Gasteiger partial charge >= 0.3 is 0 Å². The van der Waals surface area contributed by atoms with E-state index < -0.39 is 0 Å². The van der Waals surface area contributed by atoms with Crippen LogP contribution in [0.15, 0.2) is 52.1 Å². The Morgan fingerprint density at radius 2 is 1.91 bits per heavy atom. The highest BCUT2D eigenvalue weighted by Gasteiger charge is 2.14. The van der Waals surface area contributed by atoms with Gasteiger partial charge in [0.2, 0.25) is 0 Å². The normalized spacial score (nSPS) is 12.9. The largest absolute Gasteiger partial charge is 0.468 e. The monoisotopic (exact) mass is 436 g/mol. The van der Waals surface area contributed by atoms with Crippen molar-refractivity contribution >= 4 is 5.96 Å². The molecule has 0 saturated heterocycles. The van der Waals surface area contributed by atoms with Crippen LogP contribution in [0, 0.1) is 13.8 Å². The summed E-state index contributed by atoms with van der Waals surface area (Å²) in [6.07, 6.45) is 2.62. The Hall–Kier alpha value is -3.06. The van der Waals surface area contributed by atoms with E-state index in [1.807, 2.05) is 30.9 Å². The van der Waals surface area contributed by atoms with Crippen LogP contribution in [0.5, 0.6) is 0 Å². The smallest absolute Gasteiger partial charge is 0.191 e. The topological polar surface area (TPSA) is 70.6 Å². The van der Waals surface area contributed by atoms with Crippen molar-refractivity contribution in [1.29, 1.82) is 0 Å². The lowest BCUT2D eigenvalue weighted by Crippen LogP contribution is -2.43. The molecule has 7 heteroatoms. The molecule has 0 spiro atoms. The minimum absolute atomic E-state index is 0.234. The van der Waals surface area contributed by atoms with Crippen molar-refractivity contribution < 1.29 is 4.42 Å². The Morgan fingerprint density at radius 1 is 1.16 bits per heavy atom. The standard InChI is InChI=1S/C25H36N6O/c1-18(14-24-19(2)29-31(6)20(24)3)28-25(26-4)27-15-21-10-7-8-11-22(21)16-30(5)17-23-12-9-13-32-23/h7-13,18H,14-17H2,1-6H3,(H2,26,27,28). The number of benzene rings is 1. The van der Waals surface area contributed by atoms with Gasteiger partial charge in [0.15, 0.2) is 5.96 Å². The van der Waals surface area contributed by atoms with Crippen LogP contribution in [0.4, 0.5) is 0 Å². The molecule has 0 aliphatic carbocycles. The first kappa shape index (κ1) is 23.6. The number of nitrogens with one attached hydrogen (secondary N) is 2. The van der Waals surface area contributed by atoms with E-state index in [1.165, 1.54) is 22.4 Å². The average molecular weight is 437 g/mol. The first-order chi connectivity index (χ1) is 15.4. The first-order valence-electron chi connectivity index (χ1n) is 11.1. The summed E-state index contributed by atoms with van der Waals surface area (Å²) in [5.41, 5.74) is 6.15. The number of furan rings is 1. The van der Waals surface area contributed by atoms with E-state index in [0.717, 1.165) is 36.9 Å². The van der Waals surface area contributed by atoms with Gasteiger partial charge in [-0.15, -0.1) is 0 Å². The summed E-state index contributed by atoms with van der Waals surface area (Å²) in [6, 6.07) is 12.7. The third kappa shape index (κ3) is 6.23. The third-order valence-electron chi connectivity index (χ3n) is 5.79. The zero-order valence-electron chi connectivity index (χ0n) is 20.1. The van der Waals surface area contributed by atoms with Gasteiger partial charge < -0.3 is 15.1 Å². The number of aromatic nitrogens is 2. The van der Waals surface area contributed by atoms with Gasteiger partial charge in [0, 0.05) is 38.9 Å². The molecule has 7 nitrogen and oxygen atoms in total. The van der Waals surface area contributed by atoms with E-state index in [4.69, 9.17) is 4.42 Å². The lowest BCUT2D eigenvalue weighted by molar-refractivity contribution is 0.287. The van der Waals surface area contributed by atoms with Crippen molar-refractivity contribution in [2.45, 2.75) is 52.9 Å². The van der Waals surface area contributed by atoms with Gasteiger partial charge in [0.05, 0.1) is 18.5 Å². The molecule has 1 unspecified atom stereocenters. The predicted molar refractivity (Wildman–Crippen MR) is 130 cm³/mol. The van der Waals surface area contributed by atoms with E-state index in [0.29, 0.717) is 6.54 Å². The maximum atomic E-state index is 5.48. The number of nitrogens with zero attached hydrogens (tertiary/aromatic N) is 4. The molecule has 2 aromatic heterocycles. The first-order valence-corrected chi connectivity index (χ1v) is 11.1. The van der Waals surface area contributed by atoms with E-state index in [1.54, 1.807) is 6.26 Å². The highest BCUT2D eigenvalue weighted by Crippen LogP contribution is 2.15. The molecule has 0 radical (unpaired) electrons. The quantitative estimate of drug-likeness (QED) is 0.396. The van der Waals surface area contributed by atoms with E-state index in [9.17, 15) is 0 Å². The molecule has 1 atom stereocenters. The van der Waals surface area contributed by atoms with Crippen molar-refractivity contribution in [3.63, 3.8) is 0 Å². The number of aliphatic imine (C=N–C) groups is 1. The number of hydrogen-bond donors (Lipinski definition) is 2. The fraction of sp³-hybridized carbons (Fsp3) is 0.440. The molecule has 0 bridgehead atoms. The van der Waals surface area contributed by atoms with Crippen LogP contribution < -0.4 is 10.6 Å². The van der Waals surface area contributed by atoms with Crippen LogP contribution in [0.2, 0.25) is 0 Å². The van der Waals surface area contributed by atoms with Crippen LogP contribution in [0.3, 0.4) is 0 Å². The van der Waals surface area contributed by atoms with Crippen LogP contribution in [-0.4, -0.2) is 40.8 Å². The predicted octanol–water partition coefficient (Wildman–Crippen LogP) is 3.56. The number of aryl methyl sites for hydroxylation is 2. The van der Waals surface area contributed by atoms with Gasteiger partial charge in [-0.2, -0.15) is 5.10 Å². The average Bonchev–Trinajstić information content (AvgIpc) is 3.35. The third-order valence-corrected chi connectivity index (χ3v) is 5.79. The summed E-state index contributed by atoms with van der Waals surface area (Å²) in [7, 11) is 5.91. The second-order valence-corrected chi connectivity index (χ2v) is 8.47.